The topological polar surface area (TPSA) is 78.6 Å². The molecule has 0 aliphatic rings. The first-order valence-electron chi connectivity index (χ1n) is 7.11. The molecule has 6 heteroatoms. The minimum absolute atomic E-state index is 0.0208. The minimum Gasteiger partial charge on any atom is -0.399 e. The normalized spacial score (nSPS) is 12.7. The van der Waals surface area contributed by atoms with Crippen LogP contribution in [0.4, 0.5) is 11.4 Å². The third-order valence-electron chi connectivity index (χ3n) is 3.34. The molecule has 0 bridgehead atoms. The molecular formula is C15H24ClN3O2. The fourth-order valence-corrected chi connectivity index (χ4v) is 2.59. The molecule has 0 heterocycles. The number of hydrogen-bond acceptors (Lipinski definition) is 4. The van der Waals surface area contributed by atoms with E-state index < -0.39 is 0 Å². The van der Waals surface area contributed by atoms with E-state index in [-0.39, 0.29) is 24.5 Å². The Morgan fingerprint density at radius 2 is 2.14 bits per heavy atom. The van der Waals surface area contributed by atoms with Gasteiger partial charge in [0, 0.05) is 12.2 Å². The van der Waals surface area contributed by atoms with E-state index in [1.54, 1.807) is 18.2 Å². The Balaban J connectivity index is 2.91. The molecule has 0 aliphatic heterocycles. The molecular weight excluding hydrogens is 290 g/mol. The van der Waals surface area contributed by atoms with Gasteiger partial charge in [0.15, 0.2) is 0 Å². The van der Waals surface area contributed by atoms with Crippen molar-refractivity contribution >= 4 is 28.9 Å². The van der Waals surface area contributed by atoms with Crippen molar-refractivity contribution in [3.05, 3.63) is 23.2 Å². The summed E-state index contributed by atoms with van der Waals surface area (Å²) >= 11 is 6.08. The molecule has 1 aromatic carbocycles. The van der Waals surface area contributed by atoms with Crippen LogP contribution in [-0.2, 0) is 4.79 Å². The maximum Gasteiger partial charge on any atom is 0.242 e. The maximum absolute atomic E-state index is 12.5. The van der Waals surface area contributed by atoms with Crippen LogP contribution in [0.1, 0.15) is 20.8 Å². The standard InChI is InChI=1S/C15H24ClN3O2/c1-4-19(7-8-20)14(10(2)3)15(21)18-13-6-5-11(17)9-12(13)16/h5-6,9-10,14,20H,4,7-8,17H2,1-3H3,(H,18,21). The van der Waals surface area contributed by atoms with Crippen LogP contribution in [0.2, 0.25) is 5.02 Å². The number of nitrogens with two attached hydrogens (primary N) is 1. The van der Waals surface area contributed by atoms with Crippen molar-refractivity contribution in [2.75, 3.05) is 30.7 Å². The highest BCUT2D eigenvalue weighted by molar-refractivity contribution is 6.34. The first kappa shape index (κ1) is 17.8. The van der Waals surface area contributed by atoms with Crippen molar-refractivity contribution in [3.8, 4) is 0 Å². The number of benzene rings is 1. The van der Waals surface area contributed by atoms with Crippen molar-refractivity contribution in [3.63, 3.8) is 0 Å². The average molecular weight is 314 g/mol. The van der Waals surface area contributed by atoms with Gasteiger partial charge < -0.3 is 16.2 Å². The van der Waals surface area contributed by atoms with Gasteiger partial charge in [-0.15, -0.1) is 0 Å². The van der Waals surface area contributed by atoms with Crippen molar-refractivity contribution in [2.24, 2.45) is 5.92 Å². The molecule has 1 unspecified atom stereocenters. The summed E-state index contributed by atoms with van der Waals surface area (Å²) in [5.41, 5.74) is 6.74. The third kappa shape index (κ3) is 4.88. The summed E-state index contributed by atoms with van der Waals surface area (Å²) in [4.78, 5) is 14.5. The summed E-state index contributed by atoms with van der Waals surface area (Å²) in [5, 5.41) is 12.4. The number of aliphatic hydroxyl groups excluding tert-OH is 1. The number of carbonyl (C=O) groups is 1. The first-order valence-corrected chi connectivity index (χ1v) is 7.49. The average Bonchev–Trinajstić information content (AvgIpc) is 2.41. The molecule has 1 atom stereocenters. The number of nitrogen functional groups attached to an aromatic ring is 1. The molecule has 0 fully saturated rings. The van der Waals surface area contributed by atoms with E-state index >= 15 is 0 Å². The largest absolute Gasteiger partial charge is 0.399 e. The summed E-state index contributed by atoms with van der Waals surface area (Å²) in [5.74, 6) is -0.0176. The molecule has 1 aromatic rings. The van der Waals surface area contributed by atoms with Gasteiger partial charge in [0.25, 0.3) is 0 Å². The van der Waals surface area contributed by atoms with E-state index in [0.29, 0.717) is 29.5 Å². The lowest BCUT2D eigenvalue weighted by Crippen LogP contribution is -2.48. The number of nitrogens with zero attached hydrogens (tertiary/aromatic N) is 1. The molecule has 21 heavy (non-hydrogen) atoms. The number of amides is 1. The number of hydrogen-bond donors (Lipinski definition) is 3. The zero-order valence-electron chi connectivity index (χ0n) is 12.8. The zero-order chi connectivity index (χ0) is 16.0. The van der Waals surface area contributed by atoms with Crippen molar-refractivity contribution in [1.82, 2.24) is 4.90 Å². The smallest absolute Gasteiger partial charge is 0.242 e. The quantitative estimate of drug-likeness (QED) is 0.674. The number of halogens is 1. The Labute approximate surface area is 131 Å². The van der Waals surface area contributed by atoms with Gasteiger partial charge >= 0.3 is 0 Å². The molecule has 0 saturated carbocycles. The van der Waals surface area contributed by atoms with Crippen molar-refractivity contribution in [2.45, 2.75) is 26.8 Å². The maximum atomic E-state index is 12.5. The van der Waals surface area contributed by atoms with Crippen LogP contribution < -0.4 is 11.1 Å². The van der Waals surface area contributed by atoms with Crippen LogP contribution in [0.3, 0.4) is 0 Å². The summed E-state index contributed by atoms with van der Waals surface area (Å²) in [7, 11) is 0. The number of rotatable bonds is 7. The molecule has 1 rings (SSSR count). The van der Waals surface area contributed by atoms with E-state index in [1.807, 2.05) is 25.7 Å². The number of likely N-dealkylation sites (N-methyl/N-ethyl adjacent to an activating group) is 1. The van der Waals surface area contributed by atoms with Crippen LogP contribution in [0.5, 0.6) is 0 Å². The number of aliphatic hydroxyl groups is 1. The van der Waals surface area contributed by atoms with Crippen molar-refractivity contribution < 1.29 is 9.90 Å². The molecule has 0 aromatic heterocycles. The van der Waals surface area contributed by atoms with Gasteiger partial charge in [0.05, 0.1) is 23.4 Å². The Morgan fingerprint density at radius 1 is 1.48 bits per heavy atom. The Bertz CT molecular complexity index is 480. The Hall–Kier alpha value is -1.30. The van der Waals surface area contributed by atoms with Crippen LogP contribution in [-0.4, -0.2) is 41.7 Å². The highest BCUT2D eigenvalue weighted by Gasteiger charge is 2.28. The van der Waals surface area contributed by atoms with Gasteiger partial charge in [-0.2, -0.15) is 0 Å². The van der Waals surface area contributed by atoms with Crippen molar-refractivity contribution in [1.29, 1.82) is 0 Å². The lowest BCUT2D eigenvalue weighted by Gasteiger charge is -2.32. The van der Waals surface area contributed by atoms with Gasteiger partial charge in [-0.05, 0) is 30.7 Å². The predicted octanol–water partition coefficient (Wildman–Crippen LogP) is 2.20. The van der Waals surface area contributed by atoms with E-state index in [1.165, 1.54) is 0 Å². The number of nitrogens with one attached hydrogen (secondary N) is 1. The minimum atomic E-state index is -0.323. The van der Waals surface area contributed by atoms with Gasteiger partial charge in [-0.1, -0.05) is 32.4 Å². The van der Waals surface area contributed by atoms with Gasteiger partial charge in [0.1, 0.15) is 0 Å². The summed E-state index contributed by atoms with van der Waals surface area (Å²) in [6.07, 6.45) is 0. The Morgan fingerprint density at radius 3 is 2.62 bits per heavy atom. The van der Waals surface area contributed by atoms with Gasteiger partial charge in [-0.3, -0.25) is 9.69 Å². The third-order valence-corrected chi connectivity index (χ3v) is 3.65. The first-order chi connectivity index (χ1) is 9.90. The molecule has 0 radical (unpaired) electrons. The molecule has 118 valence electrons. The van der Waals surface area contributed by atoms with E-state index in [2.05, 4.69) is 5.32 Å². The fraction of sp³-hybridized carbons (Fsp3) is 0.533. The molecule has 1 amide bonds. The summed E-state index contributed by atoms with van der Waals surface area (Å²) in [6.45, 7) is 7.10. The highest BCUT2D eigenvalue weighted by Crippen LogP contribution is 2.25. The van der Waals surface area contributed by atoms with Gasteiger partial charge in [-0.25, -0.2) is 0 Å². The summed E-state index contributed by atoms with van der Waals surface area (Å²) in [6, 6.07) is 4.66. The SMILES string of the molecule is CCN(CCO)C(C(=O)Nc1ccc(N)cc1Cl)C(C)C. The number of anilines is 2. The van der Waals surface area contributed by atoms with Crippen LogP contribution >= 0.6 is 11.6 Å². The molecule has 5 nitrogen and oxygen atoms in total. The van der Waals surface area contributed by atoms with Crippen LogP contribution in [0.15, 0.2) is 18.2 Å². The second-order valence-corrected chi connectivity index (χ2v) is 5.68. The molecule has 0 saturated heterocycles. The predicted molar refractivity (Wildman–Crippen MR) is 87.5 cm³/mol. The lowest BCUT2D eigenvalue weighted by molar-refractivity contribution is -0.123. The number of carbonyl (C=O) groups excluding carboxylic acids is 1. The molecule has 0 spiro atoms. The zero-order valence-corrected chi connectivity index (χ0v) is 13.5. The van der Waals surface area contributed by atoms with Crippen LogP contribution in [0.25, 0.3) is 0 Å². The van der Waals surface area contributed by atoms with E-state index in [0.717, 1.165) is 0 Å². The molecule has 4 N–H and O–H groups in total. The van der Waals surface area contributed by atoms with E-state index in [9.17, 15) is 4.79 Å². The fourth-order valence-electron chi connectivity index (χ4n) is 2.35. The van der Waals surface area contributed by atoms with Gasteiger partial charge in [0.2, 0.25) is 5.91 Å². The Kier molecular flexibility index (Phi) is 6.95. The second-order valence-electron chi connectivity index (χ2n) is 5.27. The summed E-state index contributed by atoms with van der Waals surface area (Å²) < 4.78 is 0. The lowest BCUT2D eigenvalue weighted by atomic mass is 10.0. The van der Waals surface area contributed by atoms with E-state index in [4.69, 9.17) is 22.4 Å². The van der Waals surface area contributed by atoms with Crippen LogP contribution in [0, 0.1) is 5.92 Å². The highest BCUT2D eigenvalue weighted by atomic mass is 35.5. The second kappa shape index (κ2) is 8.22. The molecule has 0 aliphatic carbocycles. The monoisotopic (exact) mass is 313 g/mol.